The van der Waals surface area contributed by atoms with Gasteiger partial charge >= 0.3 is 12.0 Å². The number of thiazole rings is 1. The number of hydrogen-bond acceptors (Lipinski definition) is 4. The van der Waals surface area contributed by atoms with Gasteiger partial charge in [0.05, 0.1) is 11.4 Å². The second kappa shape index (κ2) is 5.88. The van der Waals surface area contributed by atoms with Crippen molar-refractivity contribution >= 4 is 34.2 Å². The summed E-state index contributed by atoms with van der Waals surface area (Å²) in [5.74, 6) is -2.37. The third kappa shape index (κ3) is 3.34. The highest BCUT2D eigenvalue weighted by Gasteiger charge is 2.17. The molecule has 0 saturated heterocycles. The fraction of sp³-hybridized carbons (Fsp3) is 0.154. The first-order chi connectivity index (χ1) is 9.88. The van der Waals surface area contributed by atoms with Gasteiger partial charge in [0, 0.05) is 4.88 Å². The molecule has 0 atom stereocenters. The van der Waals surface area contributed by atoms with E-state index in [2.05, 4.69) is 15.6 Å². The zero-order chi connectivity index (χ0) is 15.6. The van der Waals surface area contributed by atoms with Crippen LogP contribution in [0.1, 0.15) is 20.9 Å². The van der Waals surface area contributed by atoms with E-state index in [9.17, 15) is 14.0 Å². The molecule has 0 fully saturated rings. The minimum Gasteiger partial charge on any atom is -0.478 e. The van der Waals surface area contributed by atoms with Gasteiger partial charge in [-0.25, -0.2) is 19.0 Å². The highest BCUT2D eigenvalue weighted by molar-refractivity contribution is 7.15. The van der Waals surface area contributed by atoms with Crippen molar-refractivity contribution in [1.29, 1.82) is 0 Å². The molecule has 0 bridgehead atoms. The Morgan fingerprint density at radius 3 is 2.57 bits per heavy atom. The van der Waals surface area contributed by atoms with Crippen LogP contribution < -0.4 is 10.6 Å². The number of aromatic carboxylic acids is 1. The van der Waals surface area contributed by atoms with Crippen molar-refractivity contribution in [2.75, 3.05) is 10.6 Å². The van der Waals surface area contributed by atoms with Crippen molar-refractivity contribution in [3.63, 3.8) is 0 Å². The number of anilines is 2. The minimum atomic E-state index is -1.45. The molecular formula is C13H12FN3O3S. The van der Waals surface area contributed by atoms with Gasteiger partial charge in [-0.3, -0.25) is 5.32 Å². The van der Waals surface area contributed by atoms with Gasteiger partial charge in [0.15, 0.2) is 5.13 Å². The van der Waals surface area contributed by atoms with Crippen molar-refractivity contribution < 1.29 is 19.1 Å². The number of nitrogens with one attached hydrogen (secondary N) is 2. The molecule has 0 unspecified atom stereocenters. The maximum absolute atomic E-state index is 13.5. The highest BCUT2D eigenvalue weighted by Crippen LogP contribution is 2.22. The normalized spacial score (nSPS) is 10.2. The molecule has 0 aliphatic rings. The minimum absolute atomic E-state index is 0.120. The van der Waals surface area contributed by atoms with Crippen LogP contribution in [0.5, 0.6) is 0 Å². The largest absolute Gasteiger partial charge is 0.478 e. The Morgan fingerprint density at radius 2 is 2.00 bits per heavy atom. The number of aryl methyl sites for hydroxylation is 2. The van der Waals surface area contributed by atoms with Gasteiger partial charge in [-0.15, -0.1) is 11.3 Å². The fourth-order valence-corrected chi connectivity index (χ4v) is 2.43. The zero-order valence-electron chi connectivity index (χ0n) is 11.2. The van der Waals surface area contributed by atoms with Crippen LogP contribution in [-0.4, -0.2) is 22.1 Å². The molecule has 1 heterocycles. The Balaban J connectivity index is 2.16. The van der Waals surface area contributed by atoms with Crippen LogP contribution in [0.2, 0.25) is 0 Å². The molecule has 21 heavy (non-hydrogen) atoms. The summed E-state index contributed by atoms with van der Waals surface area (Å²) < 4.78 is 13.5. The molecule has 2 rings (SSSR count). The summed E-state index contributed by atoms with van der Waals surface area (Å²) in [4.78, 5) is 27.9. The van der Waals surface area contributed by atoms with Crippen LogP contribution in [0.25, 0.3) is 0 Å². The van der Waals surface area contributed by atoms with E-state index in [0.29, 0.717) is 5.13 Å². The molecule has 1 aromatic carbocycles. The number of aromatic nitrogens is 1. The molecular weight excluding hydrogens is 297 g/mol. The number of halogens is 1. The molecule has 0 spiro atoms. The first kappa shape index (κ1) is 14.9. The van der Waals surface area contributed by atoms with Gasteiger partial charge in [0.2, 0.25) is 0 Å². The molecule has 0 aliphatic carbocycles. The topological polar surface area (TPSA) is 91.3 Å². The Labute approximate surface area is 123 Å². The van der Waals surface area contributed by atoms with Crippen LogP contribution in [0.3, 0.4) is 0 Å². The number of rotatable bonds is 3. The number of carbonyl (C=O) groups is 2. The Hall–Kier alpha value is -2.48. The second-order valence-electron chi connectivity index (χ2n) is 4.21. The molecule has 110 valence electrons. The number of benzene rings is 1. The lowest BCUT2D eigenvalue weighted by molar-refractivity contribution is 0.0693. The number of hydrogen-bond donors (Lipinski definition) is 3. The zero-order valence-corrected chi connectivity index (χ0v) is 12.0. The average Bonchev–Trinajstić information content (AvgIpc) is 2.67. The Morgan fingerprint density at radius 1 is 1.29 bits per heavy atom. The maximum Gasteiger partial charge on any atom is 0.340 e. The van der Waals surface area contributed by atoms with E-state index in [1.807, 2.05) is 13.8 Å². The summed E-state index contributed by atoms with van der Waals surface area (Å²) in [6.45, 7) is 3.68. The van der Waals surface area contributed by atoms with Crippen LogP contribution in [0.4, 0.5) is 20.0 Å². The number of carbonyl (C=O) groups excluding carboxylic acids is 1. The molecule has 6 nitrogen and oxygen atoms in total. The number of carboxylic acid groups (broad SMARTS) is 1. The smallest absolute Gasteiger partial charge is 0.340 e. The van der Waals surface area contributed by atoms with E-state index >= 15 is 0 Å². The van der Waals surface area contributed by atoms with Gasteiger partial charge in [-0.1, -0.05) is 6.07 Å². The van der Waals surface area contributed by atoms with Gasteiger partial charge in [0.1, 0.15) is 11.4 Å². The summed E-state index contributed by atoms with van der Waals surface area (Å²) in [6, 6.07) is 2.96. The average molecular weight is 309 g/mol. The first-order valence-electron chi connectivity index (χ1n) is 5.92. The predicted molar refractivity (Wildman–Crippen MR) is 77.6 cm³/mol. The number of amides is 2. The SMILES string of the molecule is Cc1nc(NC(=O)Nc2cccc(F)c2C(=O)O)sc1C. The summed E-state index contributed by atoms with van der Waals surface area (Å²) in [7, 11) is 0. The molecule has 0 saturated carbocycles. The molecule has 0 radical (unpaired) electrons. The van der Waals surface area contributed by atoms with E-state index in [0.717, 1.165) is 16.6 Å². The second-order valence-corrected chi connectivity index (χ2v) is 5.41. The standard InChI is InChI=1S/C13H12FN3O3S/c1-6-7(2)21-13(15-6)17-12(20)16-9-5-3-4-8(14)10(9)11(18)19/h3-5H,1-2H3,(H,18,19)(H2,15,16,17,20). The third-order valence-corrected chi connectivity index (χ3v) is 3.71. The van der Waals surface area contributed by atoms with Crippen LogP contribution in [-0.2, 0) is 0 Å². The first-order valence-corrected chi connectivity index (χ1v) is 6.74. The van der Waals surface area contributed by atoms with Gasteiger partial charge in [-0.05, 0) is 26.0 Å². The number of urea groups is 1. The van der Waals surface area contributed by atoms with Crippen LogP contribution in [0.15, 0.2) is 18.2 Å². The van der Waals surface area contributed by atoms with E-state index in [-0.39, 0.29) is 5.69 Å². The van der Waals surface area contributed by atoms with Gasteiger partial charge < -0.3 is 10.4 Å². The van der Waals surface area contributed by atoms with Crippen LogP contribution in [0, 0.1) is 19.7 Å². The summed E-state index contributed by atoms with van der Waals surface area (Å²) >= 11 is 1.29. The quantitative estimate of drug-likeness (QED) is 0.811. The van der Waals surface area contributed by atoms with Crippen molar-refractivity contribution in [2.45, 2.75) is 13.8 Å². The molecule has 2 aromatic rings. The maximum atomic E-state index is 13.5. The Bertz CT molecular complexity index is 695. The van der Waals surface area contributed by atoms with Crippen LogP contribution >= 0.6 is 11.3 Å². The van der Waals surface area contributed by atoms with Crippen molar-refractivity contribution in [2.24, 2.45) is 0 Å². The number of nitrogens with zero attached hydrogens (tertiary/aromatic N) is 1. The van der Waals surface area contributed by atoms with Crippen molar-refractivity contribution in [3.05, 3.63) is 40.2 Å². The van der Waals surface area contributed by atoms with E-state index in [1.165, 1.54) is 23.5 Å². The lowest BCUT2D eigenvalue weighted by Crippen LogP contribution is -2.21. The summed E-state index contributed by atoms with van der Waals surface area (Å²) in [6.07, 6.45) is 0. The molecule has 1 aromatic heterocycles. The predicted octanol–water partition coefficient (Wildman–Crippen LogP) is 3.24. The fourth-order valence-electron chi connectivity index (χ4n) is 1.62. The third-order valence-electron chi connectivity index (χ3n) is 2.72. The van der Waals surface area contributed by atoms with Crippen molar-refractivity contribution in [3.8, 4) is 0 Å². The number of carboxylic acids is 1. The van der Waals surface area contributed by atoms with E-state index < -0.39 is 23.4 Å². The molecule has 0 aliphatic heterocycles. The molecule has 3 N–H and O–H groups in total. The monoisotopic (exact) mass is 309 g/mol. The highest BCUT2D eigenvalue weighted by atomic mass is 32.1. The van der Waals surface area contributed by atoms with Gasteiger partial charge in [0.25, 0.3) is 0 Å². The summed E-state index contributed by atoms with van der Waals surface area (Å²) in [5.41, 5.74) is 0.0939. The Kier molecular flexibility index (Phi) is 4.18. The van der Waals surface area contributed by atoms with E-state index in [1.54, 1.807) is 0 Å². The van der Waals surface area contributed by atoms with Crippen molar-refractivity contribution in [1.82, 2.24) is 4.98 Å². The molecule has 2 amide bonds. The van der Waals surface area contributed by atoms with E-state index in [4.69, 9.17) is 5.11 Å². The molecule has 8 heteroatoms. The van der Waals surface area contributed by atoms with Gasteiger partial charge in [-0.2, -0.15) is 0 Å². The summed E-state index contributed by atoms with van der Waals surface area (Å²) in [5, 5.41) is 14.1. The lowest BCUT2D eigenvalue weighted by atomic mass is 10.1. The lowest BCUT2D eigenvalue weighted by Gasteiger charge is -2.09.